The van der Waals surface area contributed by atoms with E-state index in [2.05, 4.69) is 36.4 Å². The molecule has 176 valence electrons. The summed E-state index contributed by atoms with van der Waals surface area (Å²) in [5.74, 6) is 1.98. The van der Waals surface area contributed by atoms with Crippen molar-refractivity contribution < 1.29 is 13.9 Å². The fourth-order valence-electron chi connectivity index (χ4n) is 3.40. The number of furan rings is 1. The number of hydrogen-bond acceptors (Lipinski definition) is 4. The number of ether oxygens (including phenoxy) is 1. The van der Waals surface area contributed by atoms with Crippen LogP contribution in [0.25, 0.3) is 0 Å². The first-order chi connectivity index (χ1) is 16.4. The normalized spacial score (nSPS) is 11.9. The van der Waals surface area contributed by atoms with E-state index in [-0.39, 0.29) is 12.4 Å². The van der Waals surface area contributed by atoms with Crippen LogP contribution in [0.3, 0.4) is 0 Å². The van der Waals surface area contributed by atoms with Crippen molar-refractivity contribution >= 4 is 34.9 Å². The third kappa shape index (κ3) is 5.82. The number of amides is 1. The third-order valence-corrected chi connectivity index (χ3v) is 6.30. The number of carbonyl (C=O) groups excluding carboxylic acids is 1. The van der Waals surface area contributed by atoms with Crippen LogP contribution in [0.2, 0.25) is 10.0 Å². The number of aromatic nitrogens is 2. The molecule has 1 N–H and O–H groups in total. The standard InChI is InChI=1S/C26H25Cl2N3O3/c1-3-17(2)18-7-9-19(10-8-18)33-16-20-11-12-24(34-20)26(32)29-25-13-14-31(30-25)15-21-22(27)5-4-6-23(21)28/h4-14,17H,3,15-16H2,1-2H3,(H,29,30,32). The van der Waals surface area contributed by atoms with Crippen molar-refractivity contribution in [2.75, 3.05) is 5.32 Å². The summed E-state index contributed by atoms with van der Waals surface area (Å²) < 4.78 is 13.1. The van der Waals surface area contributed by atoms with Gasteiger partial charge in [0.15, 0.2) is 11.6 Å². The Bertz CT molecular complexity index is 1240. The molecular weight excluding hydrogens is 473 g/mol. The molecule has 0 aliphatic heterocycles. The summed E-state index contributed by atoms with van der Waals surface area (Å²) in [6.07, 6.45) is 2.83. The Morgan fingerprint density at radius 3 is 2.53 bits per heavy atom. The van der Waals surface area contributed by atoms with Crippen LogP contribution in [-0.4, -0.2) is 15.7 Å². The van der Waals surface area contributed by atoms with Crippen LogP contribution < -0.4 is 10.1 Å². The van der Waals surface area contributed by atoms with Crippen LogP contribution in [0.4, 0.5) is 5.82 Å². The van der Waals surface area contributed by atoms with E-state index < -0.39 is 5.91 Å². The topological polar surface area (TPSA) is 69.3 Å². The van der Waals surface area contributed by atoms with Crippen LogP contribution in [0.15, 0.2) is 71.3 Å². The summed E-state index contributed by atoms with van der Waals surface area (Å²) in [5, 5.41) is 8.22. The zero-order valence-corrected chi connectivity index (χ0v) is 20.4. The zero-order chi connectivity index (χ0) is 24.1. The van der Waals surface area contributed by atoms with E-state index in [1.807, 2.05) is 12.1 Å². The van der Waals surface area contributed by atoms with Crippen molar-refractivity contribution in [1.29, 1.82) is 0 Å². The number of nitrogens with one attached hydrogen (secondary N) is 1. The van der Waals surface area contributed by atoms with Crippen LogP contribution in [0.5, 0.6) is 5.75 Å². The van der Waals surface area contributed by atoms with Gasteiger partial charge in [0.1, 0.15) is 18.1 Å². The molecule has 1 atom stereocenters. The molecule has 0 saturated carbocycles. The molecule has 1 unspecified atom stereocenters. The Morgan fingerprint density at radius 2 is 1.82 bits per heavy atom. The number of rotatable bonds is 9. The van der Waals surface area contributed by atoms with Crippen molar-refractivity contribution in [3.63, 3.8) is 0 Å². The summed E-state index contributed by atoms with van der Waals surface area (Å²) in [6.45, 7) is 4.98. The van der Waals surface area contributed by atoms with Gasteiger partial charge in [0, 0.05) is 27.9 Å². The van der Waals surface area contributed by atoms with Crippen LogP contribution in [0, 0.1) is 0 Å². The lowest BCUT2D eigenvalue weighted by molar-refractivity contribution is 0.0992. The van der Waals surface area contributed by atoms with Crippen LogP contribution in [0.1, 0.15) is 53.6 Å². The van der Waals surface area contributed by atoms with Gasteiger partial charge in [-0.05, 0) is 54.3 Å². The summed E-state index contributed by atoms with van der Waals surface area (Å²) in [4.78, 5) is 12.6. The Labute approximate surface area is 208 Å². The Hall–Kier alpha value is -3.22. The smallest absolute Gasteiger partial charge is 0.292 e. The Balaban J connectivity index is 1.32. The molecule has 4 rings (SSSR count). The molecule has 0 radical (unpaired) electrons. The minimum atomic E-state index is -0.398. The molecule has 2 aromatic heterocycles. The first kappa shape index (κ1) is 23.9. The number of hydrogen-bond donors (Lipinski definition) is 1. The molecule has 0 fully saturated rings. The molecule has 4 aromatic rings. The van der Waals surface area contributed by atoms with Crippen molar-refractivity contribution in [3.8, 4) is 5.75 Å². The van der Waals surface area contributed by atoms with Crippen LogP contribution >= 0.6 is 23.2 Å². The van der Waals surface area contributed by atoms with Gasteiger partial charge in [0.05, 0.1) is 6.54 Å². The molecule has 2 aromatic carbocycles. The van der Waals surface area contributed by atoms with Crippen molar-refractivity contribution in [3.05, 3.63) is 99.6 Å². The maximum absolute atomic E-state index is 12.6. The first-order valence-electron chi connectivity index (χ1n) is 11.0. The molecule has 0 saturated heterocycles. The van der Waals surface area contributed by atoms with Crippen LogP contribution in [-0.2, 0) is 13.2 Å². The average molecular weight is 498 g/mol. The second-order valence-electron chi connectivity index (χ2n) is 7.99. The Kier molecular flexibility index (Phi) is 7.60. The molecule has 0 aliphatic carbocycles. The highest BCUT2D eigenvalue weighted by molar-refractivity contribution is 6.35. The van der Waals surface area contributed by atoms with E-state index >= 15 is 0 Å². The monoisotopic (exact) mass is 497 g/mol. The molecule has 6 nitrogen and oxygen atoms in total. The second kappa shape index (κ2) is 10.8. The lowest BCUT2D eigenvalue weighted by Gasteiger charge is -2.10. The zero-order valence-electron chi connectivity index (χ0n) is 18.9. The van der Waals surface area contributed by atoms with Gasteiger partial charge in [-0.2, -0.15) is 5.10 Å². The summed E-state index contributed by atoms with van der Waals surface area (Å²) >= 11 is 12.5. The minimum absolute atomic E-state index is 0.175. The van der Waals surface area contributed by atoms with E-state index in [9.17, 15) is 4.79 Å². The second-order valence-corrected chi connectivity index (χ2v) is 8.80. The highest BCUT2D eigenvalue weighted by Crippen LogP contribution is 2.25. The molecule has 34 heavy (non-hydrogen) atoms. The highest BCUT2D eigenvalue weighted by atomic mass is 35.5. The predicted molar refractivity (Wildman–Crippen MR) is 134 cm³/mol. The van der Waals surface area contributed by atoms with Gasteiger partial charge in [-0.25, -0.2) is 0 Å². The molecule has 0 spiro atoms. The lowest BCUT2D eigenvalue weighted by Crippen LogP contribution is -2.12. The Morgan fingerprint density at radius 1 is 1.09 bits per heavy atom. The number of nitrogens with zero attached hydrogens (tertiary/aromatic N) is 2. The highest BCUT2D eigenvalue weighted by Gasteiger charge is 2.14. The van der Waals surface area contributed by atoms with Gasteiger partial charge in [-0.1, -0.05) is 55.2 Å². The minimum Gasteiger partial charge on any atom is -0.486 e. The van der Waals surface area contributed by atoms with Crippen molar-refractivity contribution in [1.82, 2.24) is 9.78 Å². The average Bonchev–Trinajstić information content (AvgIpc) is 3.49. The van der Waals surface area contributed by atoms with Gasteiger partial charge < -0.3 is 14.5 Å². The molecule has 0 aliphatic rings. The third-order valence-electron chi connectivity index (χ3n) is 5.59. The SMILES string of the molecule is CCC(C)c1ccc(OCc2ccc(C(=O)Nc3ccn(Cc4c(Cl)cccc4Cl)n3)o2)cc1. The summed E-state index contributed by atoms with van der Waals surface area (Å²) in [5.41, 5.74) is 2.04. The lowest BCUT2D eigenvalue weighted by atomic mass is 9.99. The summed E-state index contributed by atoms with van der Waals surface area (Å²) in [6, 6.07) is 18.4. The fourth-order valence-corrected chi connectivity index (χ4v) is 3.92. The van der Waals surface area contributed by atoms with E-state index in [1.54, 1.807) is 47.3 Å². The maximum Gasteiger partial charge on any atom is 0.292 e. The van der Waals surface area contributed by atoms with Gasteiger partial charge in [-0.3, -0.25) is 9.48 Å². The van der Waals surface area contributed by atoms with E-state index in [1.165, 1.54) is 5.56 Å². The number of benzene rings is 2. The summed E-state index contributed by atoms with van der Waals surface area (Å²) in [7, 11) is 0. The van der Waals surface area contributed by atoms with Gasteiger partial charge in [-0.15, -0.1) is 0 Å². The van der Waals surface area contributed by atoms with Gasteiger partial charge in [0.25, 0.3) is 5.91 Å². The number of carbonyl (C=O) groups is 1. The molecule has 1 amide bonds. The van der Waals surface area contributed by atoms with E-state index in [4.69, 9.17) is 32.4 Å². The first-order valence-corrected chi connectivity index (χ1v) is 11.8. The van der Waals surface area contributed by atoms with Gasteiger partial charge in [0.2, 0.25) is 0 Å². The molecular formula is C26H25Cl2N3O3. The van der Waals surface area contributed by atoms with E-state index in [0.29, 0.717) is 34.1 Å². The van der Waals surface area contributed by atoms with Gasteiger partial charge >= 0.3 is 0 Å². The quantitative estimate of drug-likeness (QED) is 0.266. The molecule has 0 bridgehead atoms. The molecule has 2 heterocycles. The number of halogens is 2. The van der Waals surface area contributed by atoms with Crippen molar-refractivity contribution in [2.45, 2.75) is 39.3 Å². The van der Waals surface area contributed by atoms with E-state index in [0.717, 1.165) is 17.7 Å². The van der Waals surface area contributed by atoms with Crippen molar-refractivity contribution in [2.24, 2.45) is 0 Å². The largest absolute Gasteiger partial charge is 0.486 e. The maximum atomic E-state index is 12.6. The molecule has 8 heteroatoms. The predicted octanol–water partition coefficient (Wildman–Crippen LogP) is 7.18. The fraction of sp³-hybridized carbons (Fsp3) is 0.231. The number of anilines is 1.